The van der Waals surface area contributed by atoms with Crippen LogP contribution in [0.15, 0.2) is 53.5 Å². The van der Waals surface area contributed by atoms with Crippen LogP contribution in [0.5, 0.6) is 11.5 Å². The number of carbonyl (C=O) groups excluding carboxylic acids is 2. The quantitative estimate of drug-likeness (QED) is 0.413. The summed E-state index contributed by atoms with van der Waals surface area (Å²) in [6, 6.07) is 15.4. The Kier molecular flexibility index (Phi) is 6.49. The summed E-state index contributed by atoms with van der Waals surface area (Å²) in [5.41, 5.74) is 7.02. The Bertz CT molecular complexity index is 1530. The molecule has 3 aromatic rings. The van der Waals surface area contributed by atoms with Crippen LogP contribution in [-0.2, 0) is 22.4 Å². The molecule has 5 rings (SSSR count). The molecule has 0 aromatic heterocycles. The highest BCUT2D eigenvalue weighted by Gasteiger charge is 2.39. The van der Waals surface area contributed by atoms with Crippen LogP contribution < -0.4 is 14.8 Å². The first-order valence-corrected chi connectivity index (χ1v) is 13.0. The van der Waals surface area contributed by atoms with Gasteiger partial charge in [0, 0.05) is 35.7 Å². The zero-order valence-electron chi connectivity index (χ0n) is 23.5. The molecule has 0 atom stereocenters. The van der Waals surface area contributed by atoms with Crippen molar-refractivity contribution in [2.45, 2.75) is 58.6 Å². The number of esters is 1. The molecule has 2 aliphatic heterocycles. The predicted molar refractivity (Wildman–Crippen MR) is 152 cm³/mol. The van der Waals surface area contributed by atoms with E-state index in [4.69, 9.17) is 19.2 Å². The van der Waals surface area contributed by atoms with Gasteiger partial charge in [-0.1, -0.05) is 24.3 Å². The number of fused-ring (bicyclic) bond motifs is 3. The number of benzene rings is 3. The molecule has 0 saturated heterocycles. The molecule has 1 N–H and O–H groups in total. The maximum Gasteiger partial charge on any atom is 0.338 e. The van der Waals surface area contributed by atoms with Crippen LogP contribution in [0.25, 0.3) is 11.1 Å². The molecule has 0 bridgehead atoms. The third-order valence-electron chi connectivity index (χ3n) is 7.09. The highest BCUT2D eigenvalue weighted by molar-refractivity contribution is 6.16. The molecule has 0 spiro atoms. The summed E-state index contributed by atoms with van der Waals surface area (Å²) in [7, 11) is 3.03. The van der Waals surface area contributed by atoms with Gasteiger partial charge in [0.2, 0.25) is 5.91 Å². The van der Waals surface area contributed by atoms with Gasteiger partial charge in [-0.2, -0.15) is 0 Å². The van der Waals surface area contributed by atoms with Crippen LogP contribution in [0, 0.1) is 0 Å². The van der Waals surface area contributed by atoms with Crippen molar-refractivity contribution >= 4 is 23.3 Å². The van der Waals surface area contributed by atoms with Gasteiger partial charge in [-0.15, -0.1) is 0 Å². The van der Waals surface area contributed by atoms with E-state index in [0.717, 1.165) is 52.3 Å². The van der Waals surface area contributed by atoms with E-state index in [1.54, 1.807) is 19.2 Å². The zero-order valence-corrected chi connectivity index (χ0v) is 23.5. The predicted octanol–water partition coefficient (Wildman–Crippen LogP) is 5.99. The number of anilines is 1. The Morgan fingerprint density at radius 2 is 1.72 bits per heavy atom. The van der Waals surface area contributed by atoms with E-state index in [9.17, 15) is 9.59 Å². The van der Waals surface area contributed by atoms with Crippen molar-refractivity contribution in [3.8, 4) is 22.6 Å². The second kappa shape index (κ2) is 9.56. The Morgan fingerprint density at radius 1 is 0.974 bits per heavy atom. The molecule has 1 amide bonds. The summed E-state index contributed by atoms with van der Waals surface area (Å²) in [5, 5.41) is 2.74. The molecule has 39 heavy (non-hydrogen) atoms. The highest BCUT2D eigenvalue weighted by Crippen LogP contribution is 2.48. The number of rotatable bonds is 5. The van der Waals surface area contributed by atoms with E-state index in [0.29, 0.717) is 16.8 Å². The molecular formula is C32H34N2O5. The topological polar surface area (TPSA) is 86.2 Å². The monoisotopic (exact) mass is 526 g/mol. The minimum atomic E-state index is -0.478. The standard InChI is InChI=1S/C32H34N2O5/c1-18(35)33-22-11-12-23(24(15-22)30(36)38-7)19-9-8-10-20(13-19)28-27-21(16-31(2,3)34-28)14-26(37-6)29-25(27)17-32(4,5)39-29/h8-15H,16-17H2,1-7H3,(H,33,35). The smallest absolute Gasteiger partial charge is 0.338 e. The van der Waals surface area contributed by atoms with Crippen molar-refractivity contribution in [3.05, 3.63) is 76.3 Å². The number of nitrogens with zero attached hydrogens (tertiary/aromatic N) is 1. The molecular weight excluding hydrogens is 492 g/mol. The van der Waals surface area contributed by atoms with Crippen molar-refractivity contribution in [1.82, 2.24) is 0 Å². The number of aliphatic imine (C=N–C) groups is 1. The van der Waals surface area contributed by atoms with Gasteiger partial charge >= 0.3 is 5.97 Å². The molecule has 0 aliphatic carbocycles. The average molecular weight is 527 g/mol. The lowest BCUT2D eigenvalue weighted by Crippen LogP contribution is -2.30. The lowest BCUT2D eigenvalue weighted by Gasteiger charge is -2.31. The molecule has 0 radical (unpaired) electrons. The Balaban J connectivity index is 1.67. The van der Waals surface area contributed by atoms with E-state index < -0.39 is 5.97 Å². The number of amides is 1. The van der Waals surface area contributed by atoms with Gasteiger partial charge in [0.1, 0.15) is 5.60 Å². The summed E-state index contributed by atoms with van der Waals surface area (Å²) in [4.78, 5) is 29.6. The van der Waals surface area contributed by atoms with Crippen molar-refractivity contribution in [3.63, 3.8) is 0 Å². The molecule has 7 nitrogen and oxygen atoms in total. The summed E-state index contributed by atoms with van der Waals surface area (Å²) >= 11 is 0. The summed E-state index contributed by atoms with van der Waals surface area (Å²) in [6.07, 6.45) is 1.53. The first kappa shape index (κ1) is 26.5. The third kappa shape index (κ3) is 5.01. The second-order valence-electron chi connectivity index (χ2n) is 11.4. The molecule has 7 heteroatoms. The van der Waals surface area contributed by atoms with Crippen LogP contribution in [-0.4, -0.2) is 42.9 Å². The van der Waals surface area contributed by atoms with Crippen LogP contribution in [0.3, 0.4) is 0 Å². The van der Waals surface area contributed by atoms with Crippen LogP contribution in [0.1, 0.15) is 67.2 Å². The molecule has 2 heterocycles. The average Bonchev–Trinajstić information content (AvgIpc) is 3.21. The lowest BCUT2D eigenvalue weighted by molar-refractivity contribution is -0.114. The molecule has 0 fully saturated rings. The summed E-state index contributed by atoms with van der Waals surface area (Å²) < 4.78 is 17.2. The van der Waals surface area contributed by atoms with Crippen molar-refractivity contribution in [2.75, 3.05) is 19.5 Å². The maximum absolute atomic E-state index is 12.7. The van der Waals surface area contributed by atoms with Crippen LogP contribution in [0.4, 0.5) is 5.69 Å². The number of hydrogen-bond acceptors (Lipinski definition) is 6. The SMILES string of the molecule is COC(=O)c1cc(NC(C)=O)ccc1-c1cccc(C2=NC(C)(C)Cc3cc(OC)c4c(c32)CC(C)(C)O4)c1. The number of carbonyl (C=O) groups is 2. The minimum Gasteiger partial charge on any atom is -0.493 e. The Labute approximate surface area is 229 Å². The van der Waals surface area contributed by atoms with Gasteiger partial charge < -0.3 is 19.5 Å². The fraction of sp³-hybridized carbons (Fsp3) is 0.344. The lowest BCUT2D eigenvalue weighted by atomic mass is 9.80. The van der Waals surface area contributed by atoms with Crippen molar-refractivity contribution < 1.29 is 23.8 Å². The molecule has 2 aliphatic rings. The third-order valence-corrected chi connectivity index (χ3v) is 7.09. The van der Waals surface area contributed by atoms with Gasteiger partial charge in [0.15, 0.2) is 11.5 Å². The fourth-order valence-electron chi connectivity index (χ4n) is 5.62. The number of nitrogens with one attached hydrogen (secondary N) is 1. The van der Waals surface area contributed by atoms with Crippen molar-refractivity contribution in [2.24, 2.45) is 4.99 Å². The van der Waals surface area contributed by atoms with Gasteiger partial charge in [0.25, 0.3) is 0 Å². The first-order valence-electron chi connectivity index (χ1n) is 13.0. The summed E-state index contributed by atoms with van der Waals surface area (Å²) in [5.74, 6) is 0.843. The minimum absolute atomic E-state index is 0.214. The highest BCUT2D eigenvalue weighted by atomic mass is 16.5. The van der Waals surface area contributed by atoms with E-state index in [2.05, 4.69) is 51.2 Å². The van der Waals surface area contributed by atoms with E-state index in [1.807, 2.05) is 18.2 Å². The number of methoxy groups -OCH3 is 2. The first-order chi connectivity index (χ1) is 18.4. The van der Waals surface area contributed by atoms with E-state index in [1.165, 1.54) is 19.6 Å². The van der Waals surface area contributed by atoms with Crippen LogP contribution >= 0.6 is 0 Å². The Hall–Kier alpha value is -4.13. The van der Waals surface area contributed by atoms with E-state index >= 15 is 0 Å². The Morgan fingerprint density at radius 3 is 2.41 bits per heavy atom. The van der Waals surface area contributed by atoms with Gasteiger partial charge in [0.05, 0.1) is 31.0 Å². The number of hydrogen-bond donors (Lipinski definition) is 1. The van der Waals surface area contributed by atoms with Gasteiger partial charge in [-0.25, -0.2) is 4.79 Å². The molecule has 0 saturated carbocycles. The molecule has 3 aromatic carbocycles. The zero-order chi connectivity index (χ0) is 28.1. The van der Waals surface area contributed by atoms with Gasteiger partial charge in [-0.3, -0.25) is 9.79 Å². The fourth-order valence-corrected chi connectivity index (χ4v) is 5.62. The van der Waals surface area contributed by atoms with Gasteiger partial charge in [-0.05, 0) is 75.1 Å². The maximum atomic E-state index is 12.7. The largest absolute Gasteiger partial charge is 0.493 e. The van der Waals surface area contributed by atoms with Crippen molar-refractivity contribution in [1.29, 1.82) is 0 Å². The second-order valence-corrected chi connectivity index (χ2v) is 11.4. The normalized spacial score (nSPS) is 16.3. The number of ether oxygens (including phenoxy) is 3. The van der Waals surface area contributed by atoms with E-state index in [-0.39, 0.29) is 17.0 Å². The van der Waals surface area contributed by atoms with Crippen LogP contribution in [0.2, 0.25) is 0 Å². The molecule has 202 valence electrons. The summed E-state index contributed by atoms with van der Waals surface area (Å²) in [6.45, 7) is 9.87. The molecule has 0 unspecified atom stereocenters.